The lowest BCUT2D eigenvalue weighted by Crippen LogP contribution is -2.20. The Morgan fingerprint density at radius 3 is 2.89 bits per heavy atom. The van der Waals surface area contributed by atoms with Gasteiger partial charge in [-0.15, -0.1) is 0 Å². The molecule has 0 unspecified atom stereocenters. The number of fused-ring (bicyclic) bond motifs is 4. The molecule has 0 saturated heterocycles. The first-order chi connectivity index (χ1) is 9.24. The molecular formula is C15H11N3O. The lowest BCUT2D eigenvalue weighted by Gasteiger charge is -2.04. The zero-order valence-electron chi connectivity index (χ0n) is 10.1. The molecule has 4 nitrogen and oxygen atoms in total. The molecule has 1 aliphatic rings. The first-order valence-electron chi connectivity index (χ1n) is 6.12. The number of hydrogen-bond donors (Lipinski definition) is 1. The minimum atomic E-state index is 0.00960. The number of aromatic nitrogens is 2. The van der Waals surface area contributed by atoms with E-state index in [2.05, 4.69) is 4.98 Å². The Balaban J connectivity index is 2.11. The number of benzene rings is 2. The molecule has 19 heavy (non-hydrogen) atoms. The molecular weight excluding hydrogens is 238 g/mol. The van der Waals surface area contributed by atoms with Crippen LogP contribution >= 0.6 is 0 Å². The number of nitrogens with zero attached hydrogens (tertiary/aromatic N) is 2. The van der Waals surface area contributed by atoms with Gasteiger partial charge in [0.05, 0.1) is 17.4 Å². The highest BCUT2D eigenvalue weighted by atomic mass is 16.1. The number of hydrogen-bond acceptors (Lipinski definition) is 3. The molecule has 0 radical (unpaired) electrons. The van der Waals surface area contributed by atoms with Gasteiger partial charge in [0, 0.05) is 11.3 Å². The van der Waals surface area contributed by atoms with Crippen molar-refractivity contribution in [1.82, 2.24) is 9.55 Å². The van der Waals surface area contributed by atoms with Crippen molar-refractivity contribution in [1.29, 1.82) is 0 Å². The van der Waals surface area contributed by atoms with Crippen LogP contribution in [-0.2, 0) is 6.54 Å². The van der Waals surface area contributed by atoms with Gasteiger partial charge in [-0.05, 0) is 35.9 Å². The average Bonchev–Trinajstić information content (AvgIpc) is 2.77. The highest BCUT2D eigenvalue weighted by Crippen LogP contribution is 2.31. The fourth-order valence-electron chi connectivity index (χ4n) is 2.65. The van der Waals surface area contributed by atoms with Crippen molar-refractivity contribution in [3.05, 3.63) is 58.4 Å². The Kier molecular flexibility index (Phi) is 1.87. The first kappa shape index (κ1) is 10.3. The molecule has 2 heterocycles. The smallest absolute Gasteiger partial charge is 0.261 e. The van der Waals surface area contributed by atoms with Gasteiger partial charge in [-0.1, -0.05) is 12.1 Å². The molecule has 0 atom stereocenters. The van der Waals surface area contributed by atoms with Gasteiger partial charge >= 0.3 is 0 Å². The van der Waals surface area contributed by atoms with Crippen molar-refractivity contribution in [2.45, 2.75) is 6.54 Å². The van der Waals surface area contributed by atoms with Crippen molar-refractivity contribution >= 4 is 16.6 Å². The maximum absolute atomic E-state index is 12.5. The van der Waals surface area contributed by atoms with E-state index in [0.717, 1.165) is 22.5 Å². The van der Waals surface area contributed by atoms with Crippen LogP contribution < -0.4 is 11.3 Å². The molecule has 0 saturated carbocycles. The summed E-state index contributed by atoms with van der Waals surface area (Å²) in [5.74, 6) is 0.735. The van der Waals surface area contributed by atoms with Gasteiger partial charge in [0.2, 0.25) is 0 Å². The Morgan fingerprint density at radius 2 is 2.00 bits per heavy atom. The van der Waals surface area contributed by atoms with Gasteiger partial charge in [0.15, 0.2) is 0 Å². The van der Waals surface area contributed by atoms with Crippen molar-refractivity contribution in [3.63, 3.8) is 0 Å². The summed E-state index contributed by atoms with van der Waals surface area (Å²) in [5.41, 5.74) is 9.31. The van der Waals surface area contributed by atoms with Crippen LogP contribution in [0.2, 0.25) is 0 Å². The zero-order chi connectivity index (χ0) is 13.0. The summed E-state index contributed by atoms with van der Waals surface area (Å²) in [7, 11) is 0. The number of nitrogen functional groups attached to an aromatic ring is 1. The van der Waals surface area contributed by atoms with Crippen molar-refractivity contribution in [2.75, 3.05) is 5.73 Å². The van der Waals surface area contributed by atoms with Gasteiger partial charge in [0.25, 0.3) is 5.56 Å². The molecule has 0 amide bonds. The Bertz CT molecular complexity index is 880. The quantitative estimate of drug-likeness (QED) is 0.485. The Labute approximate surface area is 109 Å². The number of para-hydroxylation sites is 1. The van der Waals surface area contributed by atoms with E-state index in [-0.39, 0.29) is 5.56 Å². The van der Waals surface area contributed by atoms with E-state index in [1.165, 1.54) is 0 Å². The molecule has 0 spiro atoms. The molecule has 2 aromatic carbocycles. The SMILES string of the molecule is Nc1ccc2c(c1)Cn1c-2nc2ccccc2c1=O. The molecule has 92 valence electrons. The predicted molar refractivity (Wildman–Crippen MR) is 75.0 cm³/mol. The first-order valence-corrected chi connectivity index (χ1v) is 6.12. The fourth-order valence-corrected chi connectivity index (χ4v) is 2.65. The third-order valence-electron chi connectivity index (χ3n) is 3.56. The summed E-state index contributed by atoms with van der Waals surface area (Å²) < 4.78 is 1.71. The number of nitrogens with two attached hydrogens (primary N) is 1. The van der Waals surface area contributed by atoms with Crippen LogP contribution in [0, 0.1) is 0 Å². The molecule has 0 bridgehead atoms. The summed E-state index contributed by atoms with van der Waals surface area (Å²) in [6.07, 6.45) is 0. The van der Waals surface area contributed by atoms with E-state index in [1.807, 2.05) is 42.5 Å². The van der Waals surface area contributed by atoms with E-state index in [4.69, 9.17) is 5.73 Å². The van der Waals surface area contributed by atoms with Gasteiger partial charge in [-0.2, -0.15) is 0 Å². The number of rotatable bonds is 0. The summed E-state index contributed by atoms with van der Waals surface area (Å²) in [6.45, 7) is 0.548. The highest BCUT2D eigenvalue weighted by molar-refractivity contribution is 5.81. The largest absolute Gasteiger partial charge is 0.399 e. The van der Waals surface area contributed by atoms with E-state index in [0.29, 0.717) is 17.6 Å². The maximum Gasteiger partial charge on any atom is 0.261 e. The molecule has 4 rings (SSSR count). The molecule has 0 aliphatic carbocycles. The van der Waals surface area contributed by atoms with Gasteiger partial charge in [-0.3, -0.25) is 9.36 Å². The average molecular weight is 249 g/mol. The predicted octanol–water partition coefficient (Wildman–Crippen LogP) is 2.01. The Hall–Kier alpha value is -2.62. The second-order valence-corrected chi connectivity index (χ2v) is 4.76. The Morgan fingerprint density at radius 1 is 1.16 bits per heavy atom. The molecule has 0 fully saturated rings. The van der Waals surface area contributed by atoms with Gasteiger partial charge in [0.1, 0.15) is 5.82 Å². The second kappa shape index (κ2) is 3.45. The monoisotopic (exact) mass is 249 g/mol. The highest BCUT2D eigenvalue weighted by Gasteiger charge is 2.22. The summed E-state index contributed by atoms with van der Waals surface area (Å²) in [5, 5.41) is 0.659. The minimum absolute atomic E-state index is 0.00960. The van der Waals surface area contributed by atoms with E-state index in [1.54, 1.807) is 4.57 Å². The topological polar surface area (TPSA) is 60.9 Å². The van der Waals surface area contributed by atoms with E-state index >= 15 is 0 Å². The van der Waals surface area contributed by atoms with Crippen LogP contribution in [0.4, 0.5) is 5.69 Å². The molecule has 4 heteroatoms. The van der Waals surface area contributed by atoms with Crippen molar-refractivity contribution < 1.29 is 0 Å². The standard InChI is InChI=1S/C15H11N3O/c16-10-5-6-11-9(7-10)8-18-14(11)17-13-4-2-1-3-12(13)15(18)19/h1-7H,8,16H2. The van der Waals surface area contributed by atoms with Crippen LogP contribution in [0.1, 0.15) is 5.56 Å². The van der Waals surface area contributed by atoms with Crippen molar-refractivity contribution in [3.8, 4) is 11.4 Å². The lowest BCUT2D eigenvalue weighted by molar-refractivity contribution is 0.797. The van der Waals surface area contributed by atoms with Crippen LogP contribution in [0.15, 0.2) is 47.3 Å². The van der Waals surface area contributed by atoms with E-state index in [9.17, 15) is 4.79 Å². The van der Waals surface area contributed by atoms with Crippen LogP contribution in [0.5, 0.6) is 0 Å². The maximum atomic E-state index is 12.5. The molecule has 1 aliphatic heterocycles. The minimum Gasteiger partial charge on any atom is -0.399 e. The fraction of sp³-hybridized carbons (Fsp3) is 0.0667. The summed E-state index contributed by atoms with van der Waals surface area (Å²) in [4.78, 5) is 17.1. The van der Waals surface area contributed by atoms with Gasteiger partial charge in [-0.25, -0.2) is 4.98 Å². The van der Waals surface area contributed by atoms with Crippen molar-refractivity contribution in [2.24, 2.45) is 0 Å². The molecule has 1 aromatic heterocycles. The summed E-state index contributed by atoms with van der Waals surface area (Å²) >= 11 is 0. The molecule has 2 N–H and O–H groups in total. The molecule has 3 aromatic rings. The second-order valence-electron chi connectivity index (χ2n) is 4.76. The van der Waals surface area contributed by atoms with Crippen LogP contribution in [0.3, 0.4) is 0 Å². The van der Waals surface area contributed by atoms with Crippen LogP contribution in [-0.4, -0.2) is 9.55 Å². The summed E-state index contributed by atoms with van der Waals surface area (Å²) in [6, 6.07) is 13.1. The zero-order valence-corrected chi connectivity index (χ0v) is 10.1. The lowest BCUT2D eigenvalue weighted by atomic mass is 10.1. The third kappa shape index (κ3) is 1.34. The normalized spacial score (nSPS) is 12.4. The third-order valence-corrected chi connectivity index (χ3v) is 3.56. The van der Waals surface area contributed by atoms with Crippen LogP contribution in [0.25, 0.3) is 22.3 Å². The number of anilines is 1. The van der Waals surface area contributed by atoms with Gasteiger partial charge < -0.3 is 5.73 Å². The van der Waals surface area contributed by atoms with E-state index < -0.39 is 0 Å².